The molecule has 23 heavy (non-hydrogen) atoms. The molecule has 0 aliphatic carbocycles. The SMILES string of the molecule is CC(C)c1ccc2c(c1)n(C)c(=O)n2C1(C=O)CCC(=O)NC1. The van der Waals surface area contributed by atoms with Crippen molar-refractivity contribution in [2.24, 2.45) is 7.05 Å². The largest absolute Gasteiger partial charge is 0.353 e. The molecule has 1 fully saturated rings. The summed E-state index contributed by atoms with van der Waals surface area (Å²) in [5, 5.41) is 2.71. The molecule has 6 heteroatoms. The minimum Gasteiger partial charge on any atom is -0.353 e. The molecule has 1 aliphatic heterocycles. The topological polar surface area (TPSA) is 73.1 Å². The van der Waals surface area contributed by atoms with Gasteiger partial charge in [-0.1, -0.05) is 19.9 Å². The van der Waals surface area contributed by atoms with Gasteiger partial charge in [-0.05, 0) is 30.0 Å². The average molecular weight is 315 g/mol. The number of rotatable bonds is 3. The molecule has 0 bridgehead atoms. The van der Waals surface area contributed by atoms with E-state index in [4.69, 9.17) is 0 Å². The van der Waals surface area contributed by atoms with Crippen LogP contribution in [0, 0.1) is 0 Å². The molecule has 1 amide bonds. The first-order valence-electron chi connectivity index (χ1n) is 7.84. The molecule has 2 aromatic rings. The van der Waals surface area contributed by atoms with Crippen LogP contribution in [0.25, 0.3) is 11.0 Å². The van der Waals surface area contributed by atoms with Crippen molar-refractivity contribution in [1.82, 2.24) is 14.5 Å². The Balaban J connectivity index is 2.25. The lowest BCUT2D eigenvalue weighted by molar-refractivity contribution is -0.126. The molecular formula is C17H21N3O3. The van der Waals surface area contributed by atoms with E-state index in [1.165, 1.54) is 0 Å². The monoisotopic (exact) mass is 315 g/mol. The lowest BCUT2D eigenvalue weighted by atomic mass is 9.90. The minimum atomic E-state index is -1.01. The highest BCUT2D eigenvalue weighted by Gasteiger charge is 2.39. The number of aryl methyl sites for hydroxylation is 1. The summed E-state index contributed by atoms with van der Waals surface area (Å²) < 4.78 is 3.11. The Morgan fingerprint density at radius 3 is 2.57 bits per heavy atom. The molecule has 0 spiro atoms. The third kappa shape index (κ3) is 2.29. The van der Waals surface area contributed by atoms with E-state index in [1.54, 1.807) is 16.2 Å². The Hall–Kier alpha value is -2.37. The van der Waals surface area contributed by atoms with Gasteiger partial charge in [0, 0.05) is 20.0 Å². The molecule has 1 atom stereocenters. The Bertz CT molecular complexity index is 835. The first-order chi connectivity index (χ1) is 10.9. The third-order valence-corrected chi connectivity index (χ3v) is 4.79. The summed E-state index contributed by atoms with van der Waals surface area (Å²) in [5.41, 5.74) is 1.43. The number of imidazole rings is 1. The molecule has 1 aliphatic rings. The average Bonchev–Trinajstić information content (AvgIpc) is 2.80. The van der Waals surface area contributed by atoms with Gasteiger partial charge in [0.1, 0.15) is 11.8 Å². The number of benzene rings is 1. The highest BCUT2D eigenvalue weighted by Crippen LogP contribution is 2.28. The molecule has 1 saturated heterocycles. The number of aldehydes is 1. The second-order valence-corrected chi connectivity index (χ2v) is 6.58. The van der Waals surface area contributed by atoms with E-state index in [-0.39, 0.29) is 24.6 Å². The fourth-order valence-corrected chi connectivity index (χ4v) is 3.25. The van der Waals surface area contributed by atoms with Crippen LogP contribution in [0.4, 0.5) is 0 Å². The van der Waals surface area contributed by atoms with Crippen LogP contribution in [-0.4, -0.2) is 27.9 Å². The zero-order valence-electron chi connectivity index (χ0n) is 13.6. The zero-order valence-corrected chi connectivity index (χ0v) is 13.6. The minimum absolute atomic E-state index is 0.0853. The maximum absolute atomic E-state index is 12.8. The van der Waals surface area contributed by atoms with Crippen molar-refractivity contribution >= 4 is 23.2 Å². The second kappa shape index (κ2) is 5.37. The van der Waals surface area contributed by atoms with Crippen LogP contribution < -0.4 is 11.0 Å². The normalized spacial score (nSPS) is 21.7. The van der Waals surface area contributed by atoms with Gasteiger partial charge in [0.25, 0.3) is 0 Å². The quantitative estimate of drug-likeness (QED) is 0.867. The van der Waals surface area contributed by atoms with E-state index >= 15 is 0 Å². The number of carbonyl (C=O) groups excluding carboxylic acids is 2. The standard InChI is InChI=1S/C17H21N3O3/c1-11(2)12-4-5-13-14(8-12)19(3)16(23)20(13)17(10-21)7-6-15(22)18-9-17/h4-5,8,10-11H,6-7,9H2,1-3H3,(H,18,22). The molecular weight excluding hydrogens is 294 g/mol. The molecule has 0 saturated carbocycles. The van der Waals surface area contributed by atoms with Gasteiger partial charge in [0.15, 0.2) is 0 Å². The number of hydrogen-bond donors (Lipinski definition) is 1. The van der Waals surface area contributed by atoms with Gasteiger partial charge in [-0.15, -0.1) is 0 Å². The summed E-state index contributed by atoms with van der Waals surface area (Å²) in [4.78, 5) is 36.1. The second-order valence-electron chi connectivity index (χ2n) is 6.58. The van der Waals surface area contributed by atoms with Crippen molar-refractivity contribution < 1.29 is 9.59 Å². The number of amides is 1. The van der Waals surface area contributed by atoms with E-state index < -0.39 is 5.54 Å². The van der Waals surface area contributed by atoms with E-state index in [0.717, 1.165) is 22.9 Å². The van der Waals surface area contributed by atoms with Crippen LogP contribution >= 0.6 is 0 Å². The molecule has 1 unspecified atom stereocenters. The number of nitrogens with one attached hydrogen (secondary N) is 1. The van der Waals surface area contributed by atoms with Crippen LogP contribution in [0.2, 0.25) is 0 Å². The van der Waals surface area contributed by atoms with Gasteiger partial charge in [-0.3, -0.25) is 13.9 Å². The van der Waals surface area contributed by atoms with Crippen molar-refractivity contribution in [2.45, 2.75) is 38.1 Å². The number of fused-ring (bicyclic) bond motifs is 1. The molecule has 0 radical (unpaired) electrons. The Kier molecular flexibility index (Phi) is 3.62. The first kappa shape index (κ1) is 15.5. The smallest absolute Gasteiger partial charge is 0.329 e. The number of piperidine rings is 1. The number of nitrogens with zero attached hydrogens (tertiary/aromatic N) is 2. The lowest BCUT2D eigenvalue weighted by Gasteiger charge is -2.33. The van der Waals surface area contributed by atoms with Crippen LogP contribution in [0.5, 0.6) is 0 Å². The van der Waals surface area contributed by atoms with Gasteiger partial charge in [0.05, 0.1) is 11.0 Å². The maximum atomic E-state index is 12.8. The lowest BCUT2D eigenvalue weighted by Crippen LogP contribution is -2.54. The number of hydrogen-bond acceptors (Lipinski definition) is 3. The Morgan fingerprint density at radius 1 is 1.26 bits per heavy atom. The van der Waals surface area contributed by atoms with Crippen molar-refractivity contribution in [3.63, 3.8) is 0 Å². The molecule has 122 valence electrons. The molecule has 1 aromatic heterocycles. The molecule has 1 N–H and O–H groups in total. The van der Waals surface area contributed by atoms with Crippen molar-refractivity contribution in [3.05, 3.63) is 34.2 Å². The van der Waals surface area contributed by atoms with Crippen LogP contribution in [0.1, 0.15) is 38.2 Å². The van der Waals surface area contributed by atoms with Crippen molar-refractivity contribution in [1.29, 1.82) is 0 Å². The molecule has 1 aromatic carbocycles. The van der Waals surface area contributed by atoms with Crippen LogP contribution in [0.3, 0.4) is 0 Å². The highest BCUT2D eigenvalue weighted by atomic mass is 16.2. The molecule has 3 rings (SSSR count). The summed E-state index contributed by atoms with van der Waals surface area (Å²) in [6, 6.07) is 5.88. The van der Waals surface area contributed by atoms with Crippen molar-refractivity contribution in [2.75, 3.05) is 6.54 Å². The summed E-state index contributed by atoms with van der Waals surface area (Å²) in [7, 11) is 1.71. The number of aromatic nitrogens is 2. The van der Waals surface area contributed by atoms with Gasteiger partial charge in [-0.25, -0.2) is 4.79 Å². The molecule has 6 nitrogen and oxygen atoms in total. The zero-order chi connectivity index (χ0) is 16.8. The Labute approximate surface area is 134 Å². The van der Waals surface area contributed by atoms with E-state index in [9.17, 15) is 14.4 Å². The summed E-state index contributed by atoms with van der Waals surface area (Å²) in [5.74, 6) is 0.268. The summed E-state index contributed by atoms with van der Waals surface area (Å²) >= 11 is 0. The predicted octanol–water partition coefficient (Wildman–Crippen LogP) is 1.27. The number of carbonyl (C=O) groups is 2. The third-order valence-electron chi connectivity index (χ3n) is 4.79. The first-order valence-corrected chi connectivity index (χ1v) is 7.84. The van der Waals surface area contributed by atoms with E-state index in [0.29, 0.717) is 12.3 Å². The van der Waals surface area contributed by atoms with E-state index in [2.05, 4.69) is 19.2 Å². The van der Waals surface area contributed by atoms with Crippen LogP contribution in [0.15, 0.2) is 23.0 Å². The predicted molar refractivity (Wildman–Crippen MR) is 87.5 cm³/mol. The molecule has 2 heterocycles. The van der Waals surface area contributed by atoms with Crippen molar-refractivity contribution in [3.8, 4) is 0 Å². The van der Waals surface area contributed by atoms with Gasteiger partial charge in [0.2, 0.25) is 5.91 Å². The fraction of sp³-hybridized carbons (Fsp3) is 0.471. The fourth-order valence-electron chi connectivity index (χ4n) is 3.25. The van der Waals surface area contributed by atoms with Gasteiger partial charge < -0.3 is 10.1 Å². The van der Waals surface area contributed by atoms with Gasteiger partial charge in [-0.2, -0.15) is 0 Å². The van der Waals surface area contributed by atoms with E-state index in [1.807, 2.05) is 18.2 Å². The highest BCUT2D eigenvalue weighted by molar-refractivity contribution is 5.83. The Morgan fingerprint density at radius 2 is 2.00 bits per heavy atom. The summed E-state index contributed by atoms with van der Waals surface area (Å²) in [6.45, 7) is 4.35. The van der Waals surface area contributed by atoms with Gasteiger partial charge >= 0.3 is 5.69 Å². The maximum Gasteiger partial charge on any atom is 0.329 e. The summed E-state index contributed by atoms with van der Waals surface area (Å²) in [6.07, 6.45) is 1.38. The van der Waals surface area contributed by atoms with Crippen LogP contribution in [-0.2, 0) is 22.2 Å².